The van der Waals surface area contributed by atoms with Crippen molar-refractivity contribution in [1.29, 1.82) is 0 Å². The fourth-order valence-corrected chi connectivity index (χ4v) is 0.995. The Hall–Kier alpha value is 0.0500. The van der Waals surface area contributed by atoms with Gasteiger partial charge in [0.2, 0.25) is 11.9 Å². The zero-order valence-corrected chi connectivity index (χ0v) is 9.20. The summed E-state index contributed by atoms with van der Waals surface area (Å²) in [7, 11) is 0. The minimum Gasteiger partial charge on any atom is -0.768 e. The first-order valence-electron chi connectivity index (χ1n) is 2.63. The first-order valence-corrected chi connectivity index (χ1v) is 3.70. The third-order valence-corrected chi connectivity index (χ3v) is 1.72. The van der Waals surface area contributed by atoms with E-state index >= 15 is 0 Å². The Bertz CT molecular complexity index is 326. The molecule has 0 saturated carbocycles. The molecule has 8 heteroatoms. The fourth-order valence-electron chi connectivity index (χ4n) is 0.594. The average Bonchev–Trinajstić information content (AvgIpc) is 1.82. The summed E-state index contributed by atoms with van der Waals surface area (Å²) in [6.07, 6.45) is 0. The minimum atomic E-state index is -3.09. The van der Waals surface area contributed by atoms with E-state index in [2.05, 4.69) is 4.98 Å². The van der Waals surface area contributed by atoms with Crippen LogP contribution in [0.4, 0.5) is 13.2 Å². The van der Waals surface area contributed by atoms with Crippen molar-refractivity contribution in [2.24, 2.45) is 0 Å². The van der Waals surface area contributed by atoms with Gasteiger partial charge in [-0.05, 0) is 11.1 Å². The van der Waals surface area contributed by atoms with Crippen LogP contribution in [0.2, 0.25) is 0 Å². The van der Waals surface area contributed by atoms with Crippen LogP contribution in [-0.2, 0) is 11.1 Å². The summed E-state index contributed by atoms with van der Waals surface area (Å²) >= 11 is -3.09. The first-order chi connectivity index (χ1) is 5.52. The van der Waals surface area contributed by atoms with Crippen molar-refractivity contribution in [3.63, 3.8) is 0 Å². The van der Waals surface area contributed by atoms with E-state index in [-0.39, 0.29) is 35.6 Å². The molecule has 0 aromatic carbocycles. The average molecular weight is 219 g/mol. The molecule has 3 nitrogen and oxygen atoms in total. The molecule has 1 unspecified atom stereocenters. The van der Waals surface area contributed by atoms with Gasteiger partial charge in [-0.15, -0.1) is 0 Å². The molecule has 1 atom stereocenters. The van der Waals surface area contributed by atoms with Gasteiger partial charge in [0.15, 0.2) is 0 Å². The number of aromatic nitrogens is 1. The molecule has 0 fully saturated rings. The summed E-state index contributed by atoms with van der Waals surface area (Å²) in [6.45, 7) is 0. The van der Waals surface area contributed by atoms with Gasteiger partial charge in [0, 0.05) is 6.07 Å². The van der Waals surface area contributed by atoms with Gasteiger partial charge in [0.05, 0.1) is 0 Å². The van der Waals surface area contributed by atoms with Crippen molar-refractivity contribution in [3.05, 3.63) is 23.8 Å². The van der Waals surface area contributed by atoms with Crippen molar-refractivity contribution in [2.45, 2.75) is 4.90 Å². The molecule has 0 bridgehead atoms. The Labute approximate surface area is 95.9 Å². The maximum atomic E-state index is 12.4. The number of nitrogens with zero attached hydrogens (tertiary/aromatic N) is 1. The zero-order chi connectivity index (χ0) is 9.30. The topological polar surface area (TPSA) is 53.0 Å². The van der Waals surface area contributed by atoms with Crippen LogP contribution in [0.1, 0.15) is 0 Å². The fraction of sp³-hybridized carbons (Fsp3) is 0. The van der Waals surface area contributed by atoms with Gasteiger partial charge >= 0.3 is 29.6 Å². The number of rotatable bonds is 1. The Kier molecular flexibility index (Phi) is 5.08. The summed E-state index contributed by atoms with van der Waals surface area (Å²) < 4.78 is 57.1. The maximum absolute atomic E-state index is 12.4. The summed E-state index contributed by atoms with van der Waals surface area (Å²) in [6, 6.07) is 0.189. The van der Waals surface area contributed by atoms with Gasteiger partial charge in [-0.3, -0.25) is 4.21 Å². The Balaban J connectivity index is 0.00000144. The largest absolute Gasteiger partial charge is 1.00 e. The predicted molar refractivity (Wildman–Crippen MR) is 31.3 cm³/mol. The van der Waals surface area contributed by atoms with Crippen LogP contribution >= 0.6 is 0 Å². The molecule has 0 spiro atoms. The second kappa shape index (κ2) is 5.06. The number of hydrogen-bond donors (Lipinski definition) is 0. The molecule has 0 aliphatic carbocycles. The van der Waals surface area contributed by atoms with Crippen LogP contribution in [-0.4, -0.2) is 13.7 Å². The standard InChI is InChI=1S/C5H2F3NO2S.Na/c6-2-1-3(7)9-5(8)4(2)12(10)11;/h1H,(H,10,11);/q;+1/p-1. The van der Waals surface area contributed by atoms with E-state index in [1.807, 2.05) is 0 Å². The van der Waals surface area contributed by atoms with Crippen molar-refractivity contribution in [3.8, 4) is 0 Å². The SMILES string of the molecule is O=S([O-])c1c(F)cc(F)nc1F.[Na+]. The molecule has 1 rings (SSSR count). The van der Waals surface area contributed by atoms with Crippen LogP contribution < -0.4 is 29.6 Å². The molecule has 66 valence electrons. The van der Waals surface area contributed by atoms with Crippen molar-refractivity contribution in [2.75, 3.05) is 0 Å². The van der Waals surface area contributed by atoms with E-state index in [1.54, 1.807) is 0 Å². The van der Waals surface area contributed by atoms with E-state index in [1.165, 1.54) is 0 Å². The molecule has 13 heavy (non-hydrogen) atoms. The van der Waals surface area contributed by atoms with Gasteiger partial charge in [0.25, 0.3) is 0 Å². The smallest absolute Gasteiger partial charge is 0.768 e. The Morgan fingerprint density at radius 3 is 2.31 bits per heavy atom. The summed E-state index contributed by atoms with van der Waals surface area (Å²) in [5, 5.41) is 0. The third-order valence-electron chi connectivity index (χ3n) is 1.02. The number of pyridine rings is 1. The monoisotopic (exact) mass is 219 g/mol. The molecule has 0 amide bonds. The summed E-state index contributed by atoms with van der Waals surface area (Å²) in [5.74, 6) is -4.58. The van der Waals surface area contributed by atoms with Gasteiger partial charge in [-0.25, -0.2) is 4.39 Å². The molecule has 0 aliphatic rings. The van der Waals surface area contributed by atoms with Crippen molar-refractivity contribution >= 4 is 11.1 Å². The summed E-state index contributed by atoms with van der Waals surface area (Å²) in [5.41, 5.74) is 0. The van der Waals surface area contributed by atoms with Gasteiger partial charge in [-0.2, -0.15) is 13.8 Å². The van der Waals surface area contributed by atoms with Crippen LogP contribution in [0.3, 0.4) is 0 Å². The van der Waals surface area contributed by atoms with Gasteiger partial charge in [-0.1, -0.05) is 0 Å². The Morgan fingerprint density at radius 1 is 1.38 bits per heavy atom. The molecular weight excluding hydrogens is 218 g/mol. The molecule has 1 aromatic heterocycles. The molecule has 1 heterocycles. The van der Waals surface area contributed by atoms with E-state index in [0.717, 1.165) is 0 Å². The molecule has 0 aliphatic heterocycles. The van der Waals surface area contributed by atoms with E-state index < -0.39 is 33.7 Å². The molecule has 0 N–H and O–H groups in total. The Morgan fingerprint density at radius 2 is 1.92 bits per heavy atom. The molecular formula is C5HF3NNaO2S. The quantitative estimate of drug-likeness (QED) is 0.304. The second-order valence-electron chi connectivity index (χ2n) is 1.78. The zero-order valence-electron chi connectivity index (χ0n) is 6.38. The number of halogens is 3. The predicted octanol–water partition coefficient (Wildman–Crippen LogP) is -2.26. The van der Waals surface area contributed by atoms with Crippen LogP contribution in [0.15, 0.2) is 11.0 Å². The molecule has 1 aromatic rings. The molecule has 0 saturated heterocycles. The van der Waals surface area contributed by atoms with E-state index in [0.29, 0.717) is 0 Å². The van der Waals surface area contributed by atoms with Crippen molar-refractivity contribution < 1.29 is 51.5 Å². The van der Waals surface area contributed by atoms with E-state index in [4.69, 9.17) is 0 Å². The van der Waals surface area contributed by atoms with Crippen LogP contribution in [0, 0.1) is 17.7 Å². The minimum absolute atomic E-state index is 0. The van der Waals surface area contributed by atoms with E-state index in [9.17, 15) is 21.9 Å². The normalized spacial score (nSPS) is 12.0. The third kappa shape index (κ3) is 3.03. The van der Waals surface area contributed by atoms with Crippen LogP contribution in [0.25, 0.3) is 0 Å². The van der Waals surface area contributed by atoms with Gasteiger partial charge < -0.3 is 4.55 Å². The second-order valence-corrected chi connectivity index (χ2v) is 2.66. The number of hydrogen-bond acceptors (Lipinski definition) is 3. The van der Waals surface area contributed by atoms with Crippen molar-refractivity contribution in [1.82, 2.24) is 4.98 Å². The van der Waals surface area contributed by atoms with Crippen LogP contribution in [0.5, 0.6) is 0 Å². The molecule has 0 radical (unpaired) electrons. The van der Waals surface area contributed by atoms with Gasteiger partial charge in [0.1, 0.15) is 10.7 Å². The summed E-state index contributed by atoms with van der Waals surface area (Å²) in [4.78, 5) is 1.24. The maximum Gasteiger partial charge on any atom is 1.00 e. The first kappa shape index (κ1) is 13.1.